The van der Waals surface area contributed by atoms with E-state index in [4.69, 9.17) is 5.11 Å². The van der Waals surface area contributed by atoms with Crippen LogP contribution in [0, 0.1) is 6.92 Å². The number of hydrogen-bond donors (Lipinski definition) is 3. The molecule has 1 amide bonds. The lowest BCUT2D eigenvalue weighted by molar-refractivity contribution is -0.141. The highest BCUT2D eigenvalue weighted by Crippen LogP contribution is 1.87. The summed E-state index contributed by atoms with van der Waals surface area (Å²) in [5, 5.41) is 10.8. The van der Waals surface area contributed by atoms with Crippen LogP contribution in [0.25, 0.3) is 0 Å². The van der Waals surface area contributed by atoms with Gasteiger partial charge in [0.25, 0.3) is 5.56 Å². The summed E-state index contributed by atoms with van der Waals surface area (Å²) < 4.78 is 1.00. The summed E-state index contributed by atoms with van der Waals surface area (Å²) in [6.45, 7) is 2.45. The molecule has 1 atom stereocenters. The number of aryl methyl sites for hydroxylation is 1. The molecule has 1 heterocycles. The zero-order chi connectivity index (χ0) is 13.9. The molecule has 0 bridgehead atoms. The van der Waals surface area contributed by atoms with Crippen molar-refractivity contribution >= 4 is 11.9 Å². The second-order valence-electron chi connectivity index (χ2n) is 3.83. The number of rotatable bonds is 4. The first-order valence-corrected chi connectivity index (χ1v) is 5.14. The zero-order valence-electron chi connectivity index (χ0n) is 9.89. The van der Waals surface area contributed by atoms with Crippen LogP contribution in [-0.2, 0) is 16.1 Å². The Morgan fingerprint density at radius 1 is 1.50 bits per heavy atom. The van der Waals surface area contributed by atoms with Crippen LogP contribution in [0.4, 0.5) is 0 Å². The van der Waals surface area contributed by atoms with Gasteiger partial charge in [0.2, 0.25) is 5.91 Å². The van der Waals surface area contributed by atoms with Crippen molar-refractivity contribution in [3.05, 3.63) is 32.6 Å². The molecule has 0 aliphatic rings. The van der Waals surface area contributed by atoms with Crippen LogP contribution < -0.4 is 16.6 Å². The molecule has 8 nitrogen and oxygen atoms in total. The molecule has 0 fully saturated rings. The zero-order valence-corrected chi connectivity index (χ0v) is 9.89. The monoisotopic (exact) mass is 255 g/mol. The van der Waals surface area contributed by atoms with E-state index in [2.05, 4.69) is 5.32 Å². The molecule has 0 aromatic carbocycles. The highest BCUT2D eigenvalue weighted by atomic mass is 16.4. The number of nitrogens with zero attached hydrogens (tertiary/aromatic N) is 1. The third kappa shape index (κ3) is 3.30. The number of H-pyrrole nitrogens is 1. The number of carboxylic acids is 1. The Morgan fingerprint density at radius 3 is 2.67 bits per heavy atom. The van der Waals surface area contributed by atoms with E-state index < -0.39 is 29.2 Å². The predicted octanol–water partition coefficient (Wildman–Crippen LogP) is -1.57. The maximum Gasteiger partial charge on any atom is 0.328 e. The first-order valence-electron chi connectivity index (χ1n) is 5.14. The van der Waals surface area contributed by atoms with Gasteiger partial charge in [-0.1, -0.05) is 0 Å². The number of aromatic amines is 1. The van der Waals surface area contributed by atoms with Crippen molar-refractivity contribution in [3.8, 4) is 0 Å². The summed E-state index contributed by atoms with van der Waals surface area (Å²) in [7, 11) is 0. The van der Waals surface area contributed by atoms with E-state index in [1.807, 2.05) is 4.98 Å². The Hall–Kier alpha value is -2.38. The van der Waals surface area contributed by atoms with Crippen molar-refractivity contribution in [3.63, 3.8) is 0 Å². The fourth-order valence-corrected chi connectivity index (χ4v) is 1.24. The van der Waals surface area contributed by atoms with E-state index in [1.165, 1.54) is 20.0 Å². The van der Waals surface area contributed by atoms with Crippen molar-refractivity contribution in [1.29, 1.82) is 0 Å². The van der Waals surface area contributed by atoms with Gasteiger partial charge in [-0.05, 0) is 13.8 Å². The van der Waals surface area contributed by atoms with Crippen LogP contribution in [0.3, 0.4) is 0 Å². The van der Waals surface area contributed by atoms with Gasteiger partial charge >= 0.3 is 11.7 Å². The van der Waals surface area contributed by atoms with Gasteiger partial charge in [0.15, 0.2) is 0 Å². The lowest BCUT2D eigenvalue weighted by Gasteiger charge is -2.10. The van der Waals surface area contributed by atoms with E-state index in [0.29, 0.717) is 0 Å². The van der Waals surface area contributed by atoms with Crippen LogP contribution in [0.1, 0.15) is 12.5 Å². The van der Waals surface area contributed by atoms with E-state index in [-0.39, 0.29) is 12.1 Å². The Balaban J connectivity index is 2.83. The fraction of sp³-hybridized carbons (Fsp3) is 0.400. The molecule has 0 radical (unpaired) electrons. The smallest absolute Gasteiger partial charge is 0.328 e. The second-order valence-corrected chi connectivity index (χ2v) is 3.83. The molecule has 18 heavy (non-hydrogen) atoms. The Morgan fingerprint density at radius 2 is 2.11 bits per heavy atom. The molecule has 8 heteroatoms. The third-order valence-electron chi connectivity index (χ3n) is 2.25. The van der Waals surface area contributed by atoms with Crippen molar-refractivity contribution < 1.29 is 14.7 Å². The maximum atomic E-state index is 11.4. The van der Waals surface area contributed by atoms with Gasteiger partial charge in [-0.3, -0.25) is 23.9 Å². The molecule has 0 saturated heterocycles. The van der Waals surface area contributed by atoms with Crippen LogP contribution in [0.2, 0.25) is 0 Å². The first-order chi connectivity index (χ1) is 8.31. The summed E-state index contributed by atoms with van der Waals surface area (Å²) in [6, 6.07) is -1.04. The number of carbonyl (C=O) groups excluding carboxylic acids is 1. The van der Waals surface area contributed by atoms with E-state index in [1.54, 1.807) is 0 Å². The topological polar surface area (TPSA) is 121 Å². The molecule has 0 spiro atoms. The standard InChI is InChI=1S/C10H13N3O5/c1-5-3-13(10(18)12-8(5)15)4-7(14)11-6(2)9(16)17/h3,6H,4H2,1-2H3,(H,11,14)(H,16,17)(H,12,15,18). The molecule has 1 aromatic heterocycles. The molecule has 0 saturated carbocycles. The summed E-state index contributed by atoms with van der Waals surface area (Å²) in [5.41, 5.74) is -0.951. The van der Waals surface area contributed by atoms with Crippen molar-refractivity contribution in [1.82, 2.24) is 14.9 Å². The molecule has 98 valence electrons. The Bertz CT molecular complexity index is 586. The van der Waals surface area contributed by atoms with Crippen molar-refractivity contribution in [2.75, 3.05) is 0 Å². The van der Waals surface area contributed by atoms with Crippen LogP contribution in [-0.4, -0.2) is 32.6 Å². The molecule has 1 rings (SSSR count). The Labute approximate surface area is 101 Å². The lowest BCUT2D eigenvalue weighted by Crippen LogP contribution is -2.42. The quantitative estimate of drug-likeness (QED) is 0.600. The SMILES string of the molecule is Cc1cn(CC(=O)NC(C)C(=O)O)c(=O)[nH]c1=O. The summed E-state index contributed by atoms with van der Waals surface area (Å²) in [5.74, 6) is -1.80. The third-order valence-corrected chi connectivity index (χ3v) is 2.25. The summed E-state index contributed by atoms with van der Waals surface area (Å²) in [4.78, 5) is 46.5. The first kappa shape index (κ1) is 13.7. The molecular formula is C10H13N3O5. The highest BCUT2D eigenvalue weighted by molar-refractivity contribution is 5.83. The number of carboxylic acid groups (broad SMARTS) is 1. The minimum atomic E-state index is -1.17. The van der Waals surface area contributed by atoms with Crippen LogP contribution >= 0.6 is 0 Å². The van der Waals surface area contributed by atoms with E-state index in [0.717, 1.165) is 4.57 Å². The van der Waals surface area contributed by atoms with Gasteiger partial charge in [-0.25, -0.2) is 4.79 Å². The minimum Gasteiger partial charge on any atom is -0.480 e. The second kappa shape index (κ2) is 5.30. The molecule has 0 aliphatic heterocycles. The van der Waals surface area contributed by atoms with Crippen molar-refractivity contribution in [2.24, 2.45) is 0 Å². The largest absolute Gasteiger partial charge is 0.480 e. The average molecular weight is 255 g/mol. The molecule has 3 N–H and O–H groups in total. The molecule has 1 aromatic rings. The number of carbonyl (C=O) groups is 2. The van der Waals surface area contributed by atoms with Gasteiger partial charge in [0, 0.05) is 11.8 Å². The number of amides is 1. The Kier molecular flexibility index (Phi) is 4.03. The number of nitrogens with one attached hydrogen (secondary N) is 2. The van der Waals surface area contributed by atoms with Gasteiger partial charge in [-0.15, -0.1) is 0 Å². The minimum absolute atomic E-state index is 0.286. The molecule has 0 aliphatic carbocycles. The van der Waals surface area contributed by atoms with Crippen LogP contribution in [0.5, 0.6) is 0 Å². The summed E-state index contributed by atoms with van der Waals surface area (Å²) >= 11 is 0. The number of hydrogen-bond acceptors (Lipinski definition) is 4. The fourth-order valence-electron chi connectivity index (χ4n) is 1.24. The average Bonchev–Trinajstić information content (AvgIpc) is 2.25. The van der Waals surface area contributed by atoms with Gasteiger partial charge in [-0.2, -0.15) is 0 Å². The lowest BCUT2D eigenvalue weighted by atomic mass is 10.3. The number of aromatic nitrogens is 2. The van der Waals surface area contributed by atoms with Crippen molar-refractivity contribution in [2.45, 2.75) is 26.4 Å². The summed E-state index contributed by atoms with van der Waals surface area (Å²) in [6.07, 6.45) is 1.24. The van der Waals surface area contributed by atoms with Crippen LogP contribution in [0.15, 0.2) is 15.8 Å². The maximum absolute atomic E-state index is 11.4. The van der Waals surface area contributed by atoms with E-state index >= 15 is 0 Å². The highest BCUT2D eigenvalue weighted by Gasteiger charge is 2.14. The van der Waals surface area contributed by atoms with Gasteiger partial charge in [0.1, 0.15) is 12.6 Å². The molecular weight excluding hydrogens is 242 g/mol. The van der Waals surface area contributed by atoms with E-state index in [9.17, 15) is 19.2 Å². The molecule has 1 unspecified atom stereocenters. The van der Waals surface area contributed by atoms with Gasteiger partial charge in [0.05, 0.1) is 0 Å². The normalized spacial score (nSPS) is 11.9. The van der Waals surface area contributed by atoms with Gasteiger partial charge < -0.3 is 10.4 Å². The number of aliphatic carboxylic acids is 1. The predicted molar refractivity (Wildman–Crippen MR) is 61.3 cm³/mol.